The molecule has 1 saturated heterocycles. The summed E-state index contributed by atoms with van der Waals surface area (Å²) in [4.78, 5) is -0.741. The minimum Gasteiger partial charge on any atom is -0.315 e. The van der Waals surface area contributed by atoms with Gasteiger partial charge in [-0.3, -0.25) is 0 Å². The molecule has 2 rings (SSSR count). The highest BCUT2D eigenvalue weighted by Gasteiger charge is 2.41. The Kier molecular flexibility index (Phi) is 7.37. The molecular weight excluding hydrogens is 388 g/mol. The maximum atomic E-state index is 13.2. The van der Waals surface area contributed by atoms with E-state index in [9.17, 15) is 21.6 Å². The predicted octanol–water partition coefficient (Wildman–Crippen LogP) is 3.54. The fourth-order valence-electron chi connectivity index (χ4n) is 2.68. The highest BCUT2D eigenvalue weighted by molar-refractivity contribution is 7.89. The summed E-state index contributed by atoms with van der Waals surface area (Å²) in [5.74, 6) is 0. The smallest absolute Gasteiger partial charge is 0.315 e. The van der Waals surface area contributed by atoms with E-state index in [1.807, 2.05) is 0 Å². The predicted molar refractivity (Wildman–Crippen MR) is 89.2 cm³/mol. The molecule has 0 bridgehead atoms. The van der Waals surface area contributed by atoms with Crippen LogP contribution in [0.1, 0.15) is 25.3 Å². The van der Waals surface area contributed by atoms with Crippen molar-refractivity contribution in [3.05, 3.63) is 28.8 Å². The second kappa shape index (κ2) is 8.23. The molecule has 1 N–H and O–H groups in total. The Morgan fingerprint density at radius 1 is 1.38 bits per heavy atom. The van der Waals surface area contributed by atoms with Crippen LogP contribution in [-0.4, -0.2) is 38.4 Å². The first-order chi connectivity index (χ1) is 10.7. The maximum absolute atomic E-state index is 13.2. The minimum atomic E-state index is -4.79. The molecule has 10 heteroatoms. The number of halogens is 5. The fraction of sp³-hybridized carbons (Fsp3) is 0.571. The molecule has 0 aliphatic carbocycles. The third-order valence-electron chi connectivity index (χ3n) is 3.72. The number of hydrogen-bond acceptors (Lipinski definition) is 3. The zero-order valence-electron chi connectivity index (χ0n) is 12.9. The van der Waals surface area contributed by atoms with E-state index >= 15 is 0 Å². The first-order valence-corrected chi connectivity index (χ1v) is 9.09. The lowest BCUT2D eigenvalue weighted by Crippen LogP contribution is -2.42. The topological polar surface area (TPSA) is 49.4 Å². The van der Waals surface area contributed by atoms with Crippen molar-refractivity contribution in [2.75, 3.05) is 19.6 Å². The van der Waals surface area contributed by atoms with Crippen molar-refractivity contribution in [3.8, 4) is 0 Å². The normalized spacial score (nSPS) is 18.7. The summed E-state index contributed by atoms with van der Waals surface area (Å²) < 4.78 is 66.6. The second-order valence-corrected chi connectivity index (χ2v) is 7.70. The fourth-order valence-corrected chi connectivity index (χ4v) is 4.79. The van der Waals surface area contributed by atoms with Crippen LogP contribution in [0.5, 0.6) is 0 Å². The number of benzene rings is 1. The van der Waals surface area contributed by atoms with E-state index in [1.54, 1.807) is 6.92 Å². The van der Waals surface area contributed by atoms with Gasteiger partial charge in [-0.05, 0) is 37.6 Å². The number of alkyl halides is 3. The van der Waals surface area contributed by atoms with Gasteiger partial charge in [-0.2, -0.15) is 17.5 Å². The molecule has 1 unspecified atom stereocenters. The van der Waals surface area contributed by atoms with Gasteiger partial charge in [0, 0.05) is 24.2 Å². The Hall–Kier alpha value is -0.540. The van der Waals surface area contributed by atoms with Gasteiger partial charge in [0.05, 0.1) is 10.5 Å². The summed E-state index contributed by atoms with van der Waals surface area (Å²) in [6, 6.07) is 2.43. The zero-order valence-corrected chi connectivity index (χ0v) is 15.3. The van der Waals surface area contributed by atoms with E-state index < -0.39 is 26.7 Å². The molecule has 1 aliphatic heterocycles. The SMILES string of the molecule is CCCN(C1CCNC1)S(=O)(=O)c1ccc(Cl)cc1C(F)(F)F.Cl. The number of nitrogens with zero attached hydrogens (tertiary/aromatic N) is 1. The molecule has 24 heavy (non-hydrogen) atoms. The lowest BCUT2D eigenvalue weighted by atomic mass is 10.2. The highest BCUT2D eigenvalue weighted by Crippen LogP contribution is 2.37. The summed E-state index contributed by atoms with van der Waals surface area (Å²) in [5, 5.41) is 2.89. The van der Waals surface area contributed by atoms with Crippen LogP contribution >= 0.6 is 24.0 Å². The van der Waals surface area contributed by atoms with E-state index in [1.165, 1.54) is 10.4 Å². The van der Waals surface area contributed by atoms with Gasteiger partial charge in [0.15, 0.2) is 0 Å². The van der Waals surface area contributed by atoms with Gasteiger partial charge in [-0.1, -0.05) is 18.5 Å². The molecule has 0 aromatic heterocycles. The number of nitrogens with one attached hydrogen (secondary N) is 1. The van der Waals surface area contributed by atoms with Gasteiger partial charge in [0.25, 0.3) is 0 Å². The first-order valence-electron chi connectivity index (χ1n) is 7.27. The van der Waals surface area contributed by atoms with Crippen LogP contribution < -0.4 is 5.32 Å². The zero-order chi connectivity index (χ0) is 17.3. The van der Waals surface area contributed by atoms with Crippen LogP contribution in [0.25, 0.3) is 0 Å². The molecule has 0 saturated carbocycles. The molecule has 1 aromatic carbocycles. The lowest BCUT2D eigenvalue weighted by molar-refractivity contribution is -0.139. The van der Waals surface area contributed by atoms with E-state index in [0.29, 0.717) is 32.0 Å². The van der Waals surface area contributed by atoms with Crippen molar-refractivity contribution in [2.45, 2.75) is 36.9 Å². The molecule has 1 heterocycles. The summed E-state index contributed by atoms with van der Waals surface area (Å²) in [7, 11) is -4.26. The van der Waals surface area contributed by atoms with E-state index in [-0.39, 0.29) is 30.0 Å². The van der Waals surface area contributed by atoms with Gasteiger partial charge in [0.1, 0.15) is 0 Å². The molecule has 1 aromatic rings. The van der Waals surface area contributed by atoms with Crippen molar-refractivity contribution < 1.29 is 21.6 Å². The molecule has 1 fully saturated rings. The molecule has 0 radical (unpaired) electrons. The van der Waals surface area contributed by atoms with Crippen LogP contribution in [0.2, 0.25) is 5.02 Å². The van der Waals surface area contributed by atoms with Gasteiger partial charge in [-0.25, -0.2) is 8.42 Å². The molecular formula is C14H19Cl2F3N2O2S. The summed E-state index contributed by atoms with van der Waals surface area (Å²) >= 11 is 5.62. The molecule has 0 amide bonds. The van der Waals surface area contributed by atoms with Gasteiger partial charge >= 0.3 is 6.18 Å². The molecule has 138 valence electrons. The molecule has 1 atom stereocenters. The quantitative estimate of drug-likeness (QED) is 0.813. The summed E-state index contributed by atoms with van der Waals surface area (Å²) in [5.41, 5.74) is -1.22. The summed E-state index contributed by atoms with van der Waals surface area (Å²) in [6.45, 7) is 3.05. The van der Waals surface area contributed by atoms with Gasteiger partial charge in [-0.15, -0.1) is 12.4 Å². The van der Waals surface area contributed by atoms with Crippen molar-refractivity contribution in [1.29, 1.82) is 0 Å². The van der Waals surface area contributed by atoms with Crippen LogP contribution in [-0.2, 0) is 16.2 Å². The third kappa shape index (κ3) is 4.54. The monoisotopic (exact) mass is 406 g/mol. The van der Waals surface area contributed by atoms with E-state index in [2.05, 4.69) is 5.32 Å². The van der Waals surface area contributed by atoms with Crippen LogP contribution in [0.4, 0.5) is 13.2 Å². The first kappa shape index (κ1) is 21.5. The standard InChI is InChI=1S/C14H18ClF3N2O2S.ClH/c1-2-7-20(11-5-6-19-9-11)23(21,22)13-4-3-10(15)8-12(13)14(16,17)18;/h3-4,8,11,19H,2,5-7,9H2,1H3;1H. The number of rotatable bonds is 5. The van der Waals surface area contributed by atoms with Gasteiger partial charge in [0.2, 0.25) is 10.0 Å². The minimum absolute atomic E-state index is 0. The van der Waals surface area contributed by atoms with Crippen LogP contribution in [0, 0.1) is 0 Å². The highest BCUT2D eigenvalue weighted by atomic mass is 35.5. The Labute approximate surface area is 150 Å². The summed E-state index contributed by atoms with van der Waals surface area (Å²) in [6.07, 6.45) is -3.70. The number of hydrogen-bond donors (Lipinski definition) is 1. The lowest BCUT2D eigenvalue weighted by Gasteiger charge is -2.28. The van der Waals surface area contributed by atoms with E-state index in [4.69, 9.17) is 11.6 Å². The van der Waals surface area contributed by atoms with Crippen molar-refractivity contribution in [3.63, 3.8) is 0 Å². The average Bonchev–Trinajstić information content (AvgIpc) is 2.97. The number of sulfonamides is 1. The third-order valence-corrected chi connectivity index (χ3v) is 5.96. The van der Waals surface area contributed by atoms with Crippen molar-refractivity contribution >= 4 is 34.0 Å². The Balaban J connectivity index is 0.00000288. The van der Waals surface area contributed by atoms with Crippen molar-refractivity contribution in [1.82, 2.24) is 9.62 Å². The average molecular weight is 407 g/mol. The maximum Gasteiger partial charge on any atom is 0.417 e. The largest absolute Gasteiger partial charge is 0.417 e. The molecule has 4 nitrogen and oxygen atoms in total. The Bertz CT molecular complexity index is 662. The Morgan fingerprint density at radius 3 is 2.54 bits per heavy atom. The second-order valence-electron chi connectivity index (χ2n) is 5.40. The van der Waals surface area contributed by atoms with Crippen molar-refractivity contribution in [2.24, 2.45) is 0 Å². The van der Waals surface area contributed by atoms with E-state index in [0.717, 1.165) is 6.07 Å². The van der Waals surface area contributed by atoms with Gasteiger partial charge < -0.3 is 5.32 Å². The van der Waals surface area contributed by atoms with Crippen LogP contribution in [0.15, 0.2) is 23.1 Å². The Morgan fingerprint density at radius 2 is 2.04 bits per heavy atom. The molecule has 1 aliphatic rings. The van der Waals surface area contributed by atoms with Crippen LogP contribution in [0.3, 0.4) is 0 Å². The molecule has 0 spiro atoms.